The summed E-state index contributed by atoms with van der Waals surface area (Å²) < 4.78 is 4.61. The number of anilines is 1. The quantitative estimate of drug-likeness (QED) is 0.850. The highest BCUT2D eigenvalue weighted by Gasteiger charge is 2.18. The zero-order chi connectivity index (χ0) is 15.1. The van der Waals surface area contributed by atoms with Gasteiger partial charge in [-0.05, 0) is 24.3 Å². The molecule has 2 amide bonds. The molecule has 20 heavy (non-hydrogen) atoms. The summed E-state index contributed by atoms with van der Waals surface area (Å²) >= 11 is 0. The van der Waals surface area contributed by atoms with E-state index in [-0.39, 0.29) is 18.5 Å². The fourth-order valence-electron chi connectivity index (χ4n) is 1.62. The molecule has 0 saturated heterocycles. The van der Waals surface area contributed by atoms with Crippen LogP contribution in [0.5, 0.6) is 0 Å². The molecule has 1 aromatic rings. The molecule has 0 saturated carbocycles. The minimum Gasteiger partial charge on any atom is -0.469 e. The molecule has 106 valence electrons. The van der Waals surface area contributed by atoms with E-state index in [0.717, 1.165) is 0 Å². The van der Waals surface area contributed by atoms with Gasteiger partial charge in [0.15, 0.2) is 0 Å². The van der Waals surface area contributed by atoms with Gasteiger partial charge < -0.3 is 15.0 Å². The molecular weight excluding hydrogens is 258 g/mol. The van der Waals surface area contributed by atoms with Gasteiger partial charge in [0.25, 0.3) is 0 Å². The highest BCUT2D eigenvalue weighted by atomic mass is 16.5. The van der Waals surface area contributed by atoms with Crippen LogP contribution in [0, 0.1) is 17.2 Å². The van der Waals surface area contributed by atoms with E-state index in [4.69, 9.17) is 5.26 Å². The summed E-state index contributed by atoms with van der Waals surface area (Å²) in [5.41, 5.74) is 1.11. The minimum atomic E-state index is -0.392. The first kappa shape index (κ1) is 15.5. The van der Waals surface area contributed by atoms with E-state index in [2.05, 4.69) is 10.1 Å². The molecule has 1 N–H and O–H groups in total. The van der Waals surface area contributed by atoms with Crippen molar-refractivity contribution in [2.45, 2.75) is 6.92 Å². The molecule has 0 aliphatic carbocycles. The summed E-state index contributed by atoms with van der Waals surface area (Å²) in [6, 6.07) is 8.20. The van der Waals surface area contributed by atoms with Gasteiger partial charge in [0.05, 0.1) is 24.7 Å². The molecular formula is C14H17N3O3. The maximum Gasteiger partial charge on any atom is 0.321 e. The smallest absolute Gasteiger partial charge is 0.321 e. The number of methoxy groups -OCH3 is 1. The summed E-state index contributed by atoms with van der Waals surface area (Å²) in [4.78, 5) is 24.6. The lowest BCUT2D eigenvalue weighted by molar-refractivity contribution is -0.145. The Hall–Kier alpha value is -2.55. The van der Waals surface area contributed by atoms with Crippen molar-refractivity contribution in [3.8, 4) is 6.07 Å². The van der Waals surface area contributed by atoms with Crippen LogP contribution >= 0.6 is 0 Å². The third-order valence-electron chi connectivity index (χ3n) is 2.76. The number of carbonyl (C=O) groups is 2. The number of amides is 2. The van der Waals surface area contributed by atoms with Crippen LogP contribution in [-0.4, -0.2) is 37.6 Å². The van der Waals surface area contributed by atoms with Gasteiger partial charge in [-0.1, -0.05) is 6.92 Å². The van der Waals surface area contributed by atoms with E-state index < -0.39 is 5.92 Å². The van der Waals surface area contributed by atoms with E-state index in [1.165, 1.54) is 12.0 Å². The first-order chi connectivity index (χ1) is 9.47. The first-order valence-electron chi connectivity index (χ1n) is 6.08. The summed E-state index contributed by atoms with van der Waals surface area (Å²) in [5, 5.41) is 11.4. The largest absolute Gasteiger partial charge is 0.469 e. The standard InChI is InChI=1S/C14H17N3O3/c1-10(13(18)20-3)9-17(2)14(19)16-12-6-4-11(8-15)5-7-12/h4-7,10H,9H2,1-3H3,(H,16,19). The number of ether oxygens (including phenoxy) is 1. The Kier molecular flexibility index (Phi) is 5.54. The van der Waals surface area contributed by atoms with Gasteiger partial charge in [-0.3, -0.25) is 4.79 Å². The van der Waals surface area contributed by atoms with E-state index in [9.17, 15) is 9.59 Å². The van der Waals surface area contributed by atoms with Gasteiger partial charge in [0.1, 0.15) is 0 Å². The Morgan fingerprint density at radius 1 is 1.40 bits per heavy atom. The van der Waals surface area contributed by atoms with E-state index in [1.54, 1.807) is 38.2 Å². The van der Waals surface area contributed by atoms with Crippen molar-refractivity contribution >= 4 is 17.7 Å². The van der Waals surface area contributed by atoms with Crippen molar-refractivity contribution < 1.29 is 14.3 Å². The van der Waals surface area contributed by atoms with Crippen molar-refractivity contribution in [3.63, 3.8) is 0 Å². The minimum absolute atomic E-state index is 0.259. The number of benzene rings is 1. The van der Waals surface area contributed by atoms with Crippen LogP contribution in [0.1, 0.15) is 12.5 Å². The number of nitrogens with zero attached hydrogens (tertiary/aromatic N) is 2. The van der Waals surface area contributed by atoms with Crippen LogP contribution < -0.4 is 5.32 Å². The van der Waals surface area contributed by atoms with Gasteiger partial charge in [-0.2, -0.15) is 5.26 Å². The summed E-state index contributed by atoms with van der Waals surface area (Å²) in [7, 11) is 2.91. The Morgan fingerprint density at radius 2 is 2.00 bits per heavy atom. The number of hydrogen-bond donors (Lipinski definition) is 1. The van der Waals surface area contributed by atoms with Crippen LogP contribution in [0.2, 0.25) is 0 Å². The molecule has 1 rings (SSSR count). The average molecular weight is 275 g/mol. The number of esters is 1. The first-order valence-corrected chi connectivity index (χ1v) is 6.08. The van der Waals surface area contributed by atoms with E-state index >= 15 is 0 Å². The molecule has 0 radical (unpaired) electrons. The monoisotopic (exact) mass is 275 g/mol. The lowest BCUT2D eigenvalue weighted by atomic mass is 10.2. The van der Waals surface area contributed by atoms with Crippen molar-refractivity contribution in [3.05, 3.63) is 29.8 Å². The number of rotatable bonds is 4. The van der Waals surface area contributed by atoms with E-state index in [0.29, 0.717) is 11.3 Å². The van der Waals surface area contributed by atoms with Crippen LogP contribution in [0.25, 0.3) is 0 Å². The number of hydrogen-bond acceptors (Lipinski definition) is 4. The molecule has 0 fully saturated rings. The maximum absolute atomic E-state index is 11.9. The van der Waals surface area contributed by atoms with Crippen LogP contribution in [0.15, 0.2) is 24.3 Å². The predicted octanol–water partition coefficient (Wildman–Crippen LogP) is 1.83. The normalized spacial score (nSPS) is 11.1. The molecule has 6 heteroatoms. The fraction of sp³-hybridized carbons (Fsp3) is 0.357. The maximum atomic E-state index is 11.9. The van der Waals surface area contributed by atoms with Gasteiger partial charge in [-0.25, -0.2) is 4.79 Å². The van der Waals surface area contributed by atoms with Crippen molar-refractivity contribution in [2.24, 2.45) is 5.92 Å². The Balaban J connectivity index is 2.57. The highest BCUT2D eigenvalue weighted by Crippen LogP contribution is 2.10. The number of nitrogens with one attached hydrogen (secondary N) is 1. The van der Waals surface area contributed by atoms with Crippen LogP contribution in [0.3, 0.4) is 0 Å². The number of carbonyl (C=O) groups excluding carboxylic acids is 2. The van der Waals surface area contributed by atoms with Gasteiger partial charge in [-0.15, -0.1) is 0 Å². The third-order valence-corrected chi connectivity index (χ3v) is 2.76. The molecule has 0 aliphatic rings. The number of nitriles is 1. The van der Waals surface area contributed by atoms with E-state index in [1.807, 2.05) is 6.07 Å². The molecule has 0 aromatic heterocycles. The fourth-order valence-corrected chi connectivity index (χ4v) is 1.62. The third kappa shape index (κ3) is 4.28. The van der Waals surface area contributed by atoms with Crippen LogP contribution in [-0.2, 0) is 9.53 Å². The summed E-state index contributed by atoms with van der Waals surface area (Å²) in [6.07, 6.45) is 0. The second kappa shape index (κ2) is 7.14. The van der Waals surface area contributed by atoms with Gasteiger partial charge in [0.2, 0.25) is 0 Å². The molecule has 6 nitrogen and oxygen atoms in total. The second-order valence-electron chi connectivity index (χ2n) is 4.42. The Morgan fingerprint density at radius 3 is 2.50 bits per heavy atom. The van der Waals surface area contributed by atoms with Crippen molar-refractivity contribution in [1.29, 1.82) is 5.26 Å². The second-order valence-corrected chi connectivity index (χ2v) is 4.42. The van der Waals surface area contributed by atoms with Crippen molar-refractivity contribution in [2.75, 3.05) is 26.0 Å². The molecule has 1 unspecified atom stereocenters. The molecule has 0 aliphatic heterocycles. The topological polar surface area (TPSA) is 82.4 Å². The average Bonchev–Trinajstić information content (AvgIpc) is 2.46. The Labute approximate surface area is 117 Å². The summed E-state index contributed by atoms with van der Waals surface area (Å²) in [6.45, 7) is 1.95. The lowest BCUT2D eigenvalue weighted by Gasteiger charge is -2.20. The molecule has 0 spiro atoms. The summed E-state index contributed by atoms with van der Waals surface area (Å²) in [5.74, 6) is -0.750. The molecule has 1 atom stereocenters. The molecule has 0 heterocycles. The molecule has 0 bridgehead atoms. The van der Waals surface area contributed by atoms with Gasteiger partial charge >= 0.3 is 12.0 Å². The van der Waals surface area contributed by atoms with Crippen LogP contribution in [0.4, 0.5) is 10.5 Å². The van der Waals surface area contributed by atoms with Crippen molar-refractivity contribution in [1.82, 2.24) is 4.90 Å². The Bertz CT molecular complexity index is 519. The highest BCUT2D eigenvalue weighted by molar-refractivity contribution is 5.89. The lowest BCUT2D eigenvalue weighted by Crippen LogP contribution is -2.37. The molecule has 1 aromatic carbocycles. The predicted molar refractivity (Wildman–Crippen MR) is 74.0 cm³/mol. The number of urea groups is 1. The zero-order valence-corrected chi connectivity index (χ0v) is 11.7. The zero-order valence-electron chi connectivity index (χ0n) is 11.7. The van der Waals surface area contributed by atoms with Gasteiger partial charge in [0, 0.05) is 19.3 Å². The SMILES string of the molecule is COC(=O)C(C)CN(C)C(=O)Nc1ccc(C#N)cc1.